The molecule has 0 rings (SSSR count). The lowest BCUT2D eigenvalue weighted by Crippen LogP contribution is -2.29. The van der Waals surface area contributed by atoms with Crippen molar-refractivity contribution in [3.05, 3.63) is 48.6 Å². The summed E-state index contributed by atoms with van der Waals surface area (Å²) in [6.07, 6.45) is 45.0. The molecule has 0 aromatic carbocycles. The molecule has 9 nitrogen and oxygen atoms in total. The fourth-order valence-corrected chi connectivity index (χ4v) is 6.45. The smallest absolute Gasteiger partial charge is 0.457 e. The van der Waals surface area contributed by atoms with Gasteiger partial charge in [-0.15, -0.1) is 0 Å². The number of aliphatic hydroxyl groups is 2. The lowest BCUT2D eigenvalue weighted by atomic mass is 10.1. The number of carbonyl (C=O) groups is 1. The molecule has 3 atom stereocenters. The molecule has 0 amide bonds. The number of ether oxygens (including phenoxy) is 2. The van der Waals surface area contributed by atoms with Crippen LogP contribution in [0.1, 0.15) is 181 Å². The van der Waals surface area contributed by atoms with Crippen LogP contribution in [0.3, 0.4) is 0 Å². The zero-order chi connectivity index (χ0) is 39.6. The average Bonchev–Trinajstić information content (AvgIpc) is 3.16. The van der Waals surface area contributed by atoms with E-state index in [1.807, 2.05) is 0 Å². The first-order chi connectivity index (χ1) is 26.3. The fraction of sp³-hybridized carbons (Fsp3) is 0.795. The van der Waals surface area contributed by atoms with Crippen LogP contribution < -0.4 is 0 Å². The van der Waals surface area contributed by atoms with Gasteiger partial charge in [0.05, 0.1) is 26.4 Å². The Bertz CT molecular complexity index is 981. The number of phosphoric acid groups is 1. The molecule has 0 aromatic heterocycles. The van der Waals surface area contributed by atoms with E-state index in [0.29, 0.717) is 13.0 Å². The molecule has 0 spiro atoms. The predicted octanol–water partition coefficient (Wildman–Crippen LogP) is 11.8. The highest BCUT2D eigenvalue weighted by atomic mass is 31.2. The van der Waals surface area contributed by atoms with Crippen molar-refractivity contribution in [1.82, 2.24) is 0 Å². The summed E-state index contributed by atoms with van der Waals surface area (Å²) in [6.45, 7) is 3.40. The van der Waals surface area contributed by atoms with Crippen LogP contribution in [-0.2, 0) is 27.9 Å². The maximum atomic E-state index is 12.6. The van der Waals surface area contributed by atoms with Gasteiger partial charge in [0.1, 0.15) is 12.2 Å². The molecule has 3 unspecified atom stereocenters. The van der Waals surface area contributed by atoms with Gasteiger partial charge in [-0.25, -0.2) is 4.57 Å². The third-order valence-corrected chi connectivity index (χ3v) is 9.92. The third-order valence-electron chi connectivity index (χ3n) is 8.97. The molecule has 0 aliphatic heterocycles. The summed E-state index contributed by atoms with van der Waals surface area (Å²) in [6, 6.07) is 0. The Morgan fingerprint density at radius 1 is 0.574 bits per heavy atom. The van der Waals surface area contributed by atoms with Gasteiger partial charge in [0.2, 0.25) is 0 Å². The second-order valence-electron chi connectivity index (χ2n) is 14.4. The van der Waals surface area contributed by atoms with E-state index in [4.69, 9.17) is 23.6 Å². The Kier molecular flexibility index (Phi) is 39.9. The van der Waals surface area contributed by atoms with Crippen LogP contribution in [0.15, 0.2) is 48.6 Å². The molecule has 0 aromatic rings. The number of allylic oxidation sites excluding steroid dienone is 8. The van der Waals surface area contributed by atoms with Crippen molar-refractivity contribution in [2.45, 2.75) is 193 Å². The number of esters is 1. The minimum absolute atomic E-state index is 0.0406. The van der Waals surface area contributed by atoms with Crippen LogP contribution in [0.5, 0.6) is 0 Å². The minimum Gasteiger partial charge on any atom is -0.457 e. The van der Waals surface area contributed by atoms with Crippen LogP contribution in [0.25, 0.3) is 0 Å². The molecular weight excluding hydrogens is 703 g/mol. The maximum Gasteiger partial charge on any atom is 0.472 e. The molecule has 0 bridgehead atoms. The summed E-state index contributed by atoms with van der Waals surface area (Å²) in [5.74, 6) is -0.399. The van der Waals surface area contributed by atoms with Crippen molar-refractivity contribution < 1.29 is 43.0 Å². The largest absolute Gasteiger partial charge is 0.472 e. The number of unbranched alkanes of at least 4 members (excludes halogenated alkanes) is 19. The molecule has 3 N–H and O–H groups in total. The molecule has 0 aliphatic rings. The van der Waals surface area contributed by atoms with Gasteiger partial charge in [-0.2, -0.15) is 0 Å². The molecule has 0 radical (unpaired) electrons. The molecule has 54 heavy (non-hydrogen) atoms. The van der Waals surface area contributed by atoms with Gasteiger partial charge in [0, 0.05) is 13.0 Å². The second-order valence-corrected chi connectivity index (χ2v) is 15.8. The molecule has 316 valence electrons. The van der Waals surface area contributed by atoms with Gasteiger partial charge >= 0.3 is 13.8 Å². The highest BCUT2D eigenvalue weighted by Crippen LogP contribution is 2.43. The van der Waals surface area contributed by atoms with E-state index in [1.165, 1.54) is 83.5 Å². The fourth-order valence-electron chi connectivity index (χ4n) is 5.66. The number of aliphatic hydroxyl groups excluding tert-OH is 2. The highest BCUT2D eigenvalue weighted by molar-refractivity contribution is 7.47. The van der Waals surface area contributed by atoms with Crippen LogP contribution >= 0.6 is 7.82 Å². The van der Waals surface area contributed by atoms with Crippen LogP contribution in [-0.4, -0.2) is 66.3 Å². The Hall–Kier alpha value is -1.58. The van der Waals surface area contributed by atoms with Gasteiger partial charge in [-0.3, -0.25) is 13.8 Å². The topological polar surface area (TPSA) is 132 Å². The van der Waals surface area contributed by atoms with Gasteiger partial charge in [-0.1, -0.05) is 152 Å². The standard InChI is InChI=1S/C44H81O9P/c1-3-5-7-9-11-13-15-17-18-19-20-21-22-23-25-27-29-31-33-35-37-50-40-43(41-52-54(48,49)51-39-42(46)38-45)53-44(47)36-34-32-30-28-26-24-16-14-12-10-8-6-4-2/h8,10-11,13-14,16-18,42-43,45-46H,3-7,9,12,15,19-41H2,1-2H3,(H,48,49)/b10-8-,13-11-,16-14-,18-17-. The van der Waals surface area contributed by atoms with Gasteiger partial charge in [0.15, 0.2) is 0 Å². The van der Waals surface area contributed by atoms with E-state index in [-0.39, 0.29) is 19.6 Å². The Morgan fingerprint density at radius 2 is 1.04 bits per heavy atom. The summed E-state index contributed by atoms with van der Waals surface area (Å²) in [4.78, 5) is 22.5. The number of rotatable bonds is 41. The lowest BCUT2D eigenvalue weighted by Gasteiger charge is -2.20. The molecule has 0 fully saturated rings. The van der Waals surface area contributed by atoms with Crippen LogP contribution in [0.2, 0.25) is 0 Å². The van der Waals surface area contributed by atoms with Crippen molar-refractivity contribution in [2.75, 3.05) is 33.0 Å². The zero-order valence-electron chi connectivity index (χ0n) is 34.4. The van der Waals surface area contributed by atoms with E-state index < -0.39 is 39.2 Å². The van der Waals surface area contributed by atoms with Crippen molar-refractivity contribution in [3.63, 3.8) is 0 Å². The van der Waals surface area contributed by atoms with Crippen molar-refractivity contribution in [2.24, 2.45) is 0 Å². The quantitative estimate of drug-likeness (QED) is 0.0240. The normalized spacial score (nSPS) is 14.5. The van der Waals surface area contributed by atoms with Gasteiger partial charge in [0.25, 0.3) is 0 Å². The Morgan fingerprint density at radius 3 is 1.56 bits per heavy atom. The molecule has 0 aliphatic carbocycles. The minimum atomic E-state index is -4.52. The first-order valence-electron chi connectivity index (χ1n) is 21.6. The van der Waals surface area contributed by atoms with Crippen molar-refractivity contribution in [1.29, 1.82) is 0 Å². The summed E-state index contributed by atoms with van der Waals surface area (Å²) in [5, 5.41) is 18.3. The monoisotopic (exact) mass is 785 g/mol. The van der Waals surface area contributed by atoms with E-state index >= 15 is 0 Å². The SMILES string of the molecule is CCC/C=C\C/C=C\CCCCCCCC(=O)OC(COCCCCCCCCCCCC/C=C\C/C=C\CCCCC)COP(=O)(O)OCC(O)CO. The molecule has 10 heteroatoms. The van der Waals surface area contributed by atoms with E-state index in [1.54, 1.807) is 0 Å². The van der Waals surface area contributed by atoms with Crippen LogP contribution in [0, 0.1) is 0 Å². The van der Waals surface area contributed by atoms with Crippen LogP contribution in [0.4, 0.5) is 0 Å². The van der Waals surface area contributed by atoms with Crippen molar-refractivity contribution >= 4 is 13.8 Å². The second kappa shape index (κ2) is 41.1. The number of carbonyl (C=O) groups excluding carboxylic acids is 1. The Labute approximate surface area is 330 Å². The summed E-state index contributed by atoms with van der Waals surface area (Å²) >= 11 is 0. The summed E-state index contributed by atoms with van der Waals surface area (Å²) < 4.78 is 33.3. The number of hydrogen-bond acceptors (Lipinski definition) is 8. The Balaban J connectivity index is 4.15. The first kappa shape index (κ1) is 52.4. The lowest BCUT2D eigenvalue weighted by molar-refractivity contribution is -0.154. The molecular formula is C44H81O9P. The average molecular weight is 785 g/mol. The van der Waals surface area contributed by atoms with Gasteiger partial charge in [-0.05, 0) is 70.6 Å². The maximum absolute atomic E-state index is 12.6. The molecule has 0 heterocycles. The summed E-state index contributed by atoms with van der Waals surface area (Å²) in [5.41, 5.74) is 0. The third kappa shape index (κ3) is 40.1. The summed E-state index contributed by atoms with van der Waals surface area (Å²) in [7, 11) is -4.52. The number of phosphoric ester groups is 1. The van der Waals surface area contributed by atoms with E-state index in [0.717, 1.165) is 70.6 Å². The highest BCUT2D eigenvalue weighted by Gasteiger charge is 2.26. The van der Waals surface area contributed by atoms with E-state index in [9.17, 15) is 19.4 Å². The molecule has 0 saturated carbocycles. The first-order valence-corrected chi connectivity index (χ1v) is 23.1. The zero-order valence-corrected chi connectivity index (χ0v) is 35.3. The van der Waals surface area contributed by atoms with Gasteiger partial charge < -0.3 is 24.6 Å². The predicted molar refractivity (Wildman–Crippen MR) is 223 cm³/mol. The van der Waals surface area contributed by atoms with Crippen molar-refractivity contribution in [3.8, 4) is 0 Å². The molecule has 0 saturated heterocycles. The number of hydrogen-bond donors (Lipinski definition) is 3. The van der Waals surface area contributed by atoms with E-state index in [2.05, 4.69) is 62.5 Å².